The molecule has 0 fully saturated rings. The Hall–Kier alpha value is -1.65. The average Bonchev–Trinajstić information content (AvgIpc) is 2.32. The van der Waals surface area contributed by atoms with Crippen molar-refractivity contribution in [2.45, 2.75) is 13.0 Å². The fourth-order valence-corrected chi connectivity index (χ4v) is 1.66. The number of nitrogens with zero attached hydrogens (tertiary/aromatic N) is 2. The van der Waals surface area contributed by atoms with E-state index in [4.69, 9.17) is 17.3 Å². The summed E-state index contributed by atoms with van der Waals surface area (Å²) in [6, 6.07) is 5.14. The Morgan fingerprint density at radius 3 is 2.71 bits per heavy atom. The highest BCUT2D eigenvalue weighted by Crippen LogP contribution is 2.26. The summed E-state index contributed by atoms with van der Waals surface area (Å²) in [5.41, 5.74) is 7.89. The van der Waals surface area contributed by atoms with Crippen molar-refractivity contribution in [3.8, 4) is 0 Å². The number of aliphatic hydroxyl groups excluding tert-OH is 1. The molecule has 1 unspecified atom stereocenters. The molecule has 0 aliphatic carbocycles. The molecule has 88 valence electrons. The van der Waals surface area contributed by atoms with Crippen molar-refractivity contribution < 1.29 is 5.11 Å². The van der Waals surface area contributed by atoms with Crippen LogP contribution in [0.3, 0.4) is 0 Å². The Morgan fingerprint density at radius 1 is 1.29 bits per heavy atom. The van der Waals surface area contributed by atoms with Gasteiger partial charge in [-0.05, 0) is 24.6 Å². The van der Waals surface area contributed by atoms with Gasteiger partial charge in [-0.15, -0.1) is 0 Å². The predicted octanol–water partition coefficient (Wildman–Crippen LogP) is 2.10. The first kappa shape index (κ1) is 11.8. The van der Waals surface area contributed by atoms with E-state index in [-0.39, 0.29) is 0 Å². The highest BCUT2D eigenvalue weighted by molar-refractivity contribution is 6.29. The summed E-state index contributed by atoms with van der Waals surface area (Å²) in [4.78, 5) is 7.94. The van der Waals surface area contributed by atoms with Crippen molar-refractivity contribution in [2.24, 2.45) is 0 Å². The van der Waals surface area contributed by atoms with E-state index in [0.29, 0.717) is 22.1 Å². The van der Waals surface area contributed by atoms with E-state index in [9.17, 15) is 5.11 Å². The summed E-state index contributed by atoms with van der Waals surface area (Å²) >= 11 is 5.69. The lowest BCUT2D eigenvalue weighted by atomic mass is 10.0. The largest absolute Gasteiger partial charge is 0.383 e. The molecule has 2 rings (SSSR count). The fraction of sp³-hybridized carbons (Fsp3) is 0.167. The maximum absolute atomic E-state index is 10.2. The summed E-state index contributed by atoms with van der Waals surface area (Å²) in [5, 5.41) is 10.6. The Labute approximate surface area is 104 Å². The molecule has 0 aromatic carbocycles. The number of aryl methyl sites for hydroxylation is 1. The number of nitrogen functional groups attached to an aromatic ring is 1. The molecular weight excluding hydrogens is 238 g/mol. The van der Waals surface area contributed by atoms with Crippen LogP contribution in [0.4, 0.5) is 5.82 Å². The summed E-state index contributed by atoms with van der Waals surface area (Å²) < 4.78 is 0. The molecule has 0 saturated heterocycles. The number of pyridine rings is 2. The van der Waals surface area contributed by atoms with Crippen molar-refractivity contribution in [1.82, 2.24) is 9.97 Å². The van der Waals surface area contributed by atoms with Crippen molar-refractivity contribution in [3.63, 3.8) is 0 Å². The van der Waals surface area contributed by atoms with E-state index in [1.54, 1.807) is 18.3 Å². The molecule has 4 nitrogen and oxygen atoms in total. The lowest BCUT2D eigenvalue weighted by Gasteiger charge is -2.13. The summed E-state index contributed by atoms with van der Waals surface area (Å²) in [7, 11) is 0. The van der Waals surface area contributed by atoms with Gasteiger partial charge in [0.1, 0.15) is 17.1 Å². The first-order valence-corrected chi connectivity index (χ1v) is 5.47. The first-order valence-electron chi connectivity index (χ1n) is 5.09. The number of hydrogen-bond acceptors (Lipinski definition) is 4. The van der Waals surface area contributed by atoms with Crippen molar-refractivity contribution in [3.05, 3.63) is 52.4 Å². The second kappa shape index (κ2) is 4.69. The van der Waals surface area contributed by atoms with Crippen LogP contribution in [0.1, 0.15) is 22.8 Å². The molecule has 0 amide bonds. The highest BCUT2D eigenvalue weighted by Gasteiger charge is 2.14. The van der Waals surface area contributed by atoms with Crippen LogP contribution in [-0.4, -0.2) is 15.1 Å². The summed E-state index contributed by atoms with van der Waals surface area (Å²) in [5.74, 6) is 0.318. The Balaban J connectivity index is 2.39. The third-order valence-electron chi connectivity index (χ3n) is 2.45. The van der Waals surface area contributed by atoms with Gasteiger partial charge in [-0.2, -0.15) is 0 Å². The van der Waals surface area contributed by atoms with Gasteiger partial charge in [0, 0.05) is 23.5 Å². The van der Waals surface area contributed by atoms with Gasteiger partial charge in [-0.1, -0.05) is 17.7 Å². The van der Waals surface area contributed by atoms with Crippen molar-refractivity contribution >= 4 is 17.4 Å². The Kier molecular flexibility index (Phi) is 3.26. The van der Waals surface area contributed by atoms with Gasteiger partial charge in [0.2, 0.25) is 0 Å². The van der Waals surface area contributed by atoms with Crippen LogP contribution >= 0.6 is 11.6 Å². The van der Waals surface area contributed by atoms with Crippen LogP contribution in [0.5, 0.6) is 0 Å². The second-order valence-corrected chi connectivity index (χ2v) is 4.19. The van der Waals surface area contributed by atoms with Crippen LogP contribution in [0.2, 0.25) is 5.15 Å². The quantitative estimate of drug-likeness (QED) is 0.800. The third kappa shape index (κ3) is 2.54. The van der Waals surface area contributed by atoms with Crippen molar-refractivity contribution in [2.75, 3.05) is 5.73 Å². The highest BCUT2D eigenvalue weighted by atomic mass is 35.5. The number of aromatic nitrogens is 2. The zero-order chi connectivity index (χ0) is 12.4. The number of aliphatic hydroxyl groups is 1. The molecule has 0 aliphatic rings. The third-order valence-corrected chi connectivity index (χ3v) is 2.67. The molecule has 0 saturated carbocycles. The molecule has 1 atom stereocenters. The van der Waals surface area contributed by atoms with Gasteiger partial charge in [-0.25, -0.2) is 9.97 Å². The van der Waals surface area contributed by atoms with Crippen LogP contribution in [0, 0.1) is 6.92 Å². The van der Waals surface area contributed by atoms with Gasteiger partial charge in [0.05, 0.1) is 0 Å². The lowest BCUT2D eigenvalue weighted by molar-refractivity contribution is 0.220. The zero-order valence-corrected chi connectivity index (χ0v) is 10.0. The molecule has 17 heavy (non-hydrogen) atoms. The van der Waals surface area contributed by atoms with Gasteiger partial charge in [0.25, 0.3) is 0 Å². The Morgan fingerprint density at radius 2 is 2.06 bits per heavy atom. The molecule has 2 aromatic heterocycles. The van der Waals surface area contributed by atoms with Crippen LogP contribution in [0.25, 0.3) is 0 Å². The molecule has 0 bridgehead atoms. The van der Waals surface area contributed by atoms with E-state index in [1.807, 2.05) is 13.0 Å². The van der Waals surface area contributed by atoms with Crippen LogP contribution in [-0.2, 0) is 0 Å². The summed E-state index contributed by atoms with van der Waals surface area (Å²) in [6.07, 6.45) is 2.34. The van der Waals surface area contributed by atoms with E-state index in [1.165, 1.54) is 6.20 Å². The van der Waals surface area contributed by atoms with Gasteiger partial charge in [-0.3, -0.25) is 0 Å². The molecule has 5 heteroatoms. The maximum Gasteiger partial charge on any atom is 0.129 e. The van der Waals surface area contributed by atoms with Gasteiger partial charge < -0.3 is 10.8 Å². The van der Waals surface area contributed by atoms with Crippen LogP contribution < -0.4 is 5.73 Å². The zero-order valence-electron chi connectivity index (χ0n) is 9.26. The SMILES string of the molecule is Cc1cnc(N)c(C(O)c2ccc(Cl)nc2)c1. The molecular formula is C12H12ClN3O. The normalized spacial score (nSPS) is 12.4. The molecule has 0 aliphatic heterocycles. The van der Waals surface area contributed by atoms with E-state index in [0.717, 1.165) is 5.56 Å². The lowest BCUT2D eigenvalue weighted by Crippen LogP contribution is -2.06. The smallest absolute Gasteiger partial charge is 0.129 e. The molecule has 2 heterocycles. The minimum atomic E-state index is -0.841. The molecule has 3 N–H and O–H groups in total. The van der Waals surface area contributed by atoms with E-state index >= 15 is 0 Å². The maximum atomic E-state index is 10.2. The monoisotopic (exact) mass is 249 g/mol. The minimum absolute atomic E-state index is 0.318. The average molecular weight is 250 g/mol. The summed E-state index contributed by atoms with van der Waals surface area (Å²) in [6.45, 7) is 1.89. The number of rotatable bonds is 2. The number of hydrogen-bond donors (Lipinski definition) is 2. The Bertz CT molecular complexity index is 528. The fourth-order valence-electron chi connectivity index (χ4n) is 1.55. The molecule has 2 aromatic rings. The standard InChI is InChI=1S/C12H12ClN3O/c1-7-4-9(12(14)16-5-7)11(17)8-2-3-10(13)15-6-8/h2-6,11,17H,1H3,(H2,14,16). The predicted molar refractivity (Wildman–Crippen MR) is 66.7 cm³/mol. The molecule has 0 radical (unpaired) electrons. The minimum Gasteiger partial charge on any atom is -0.383 e. The van der Waals surface area contributed by atoms with E-state index < -0.39 is 6.10 Å². The number of nitrogens with two attached hydrogens (primary N) is 1. The van der Waals surface area contributed by atoms with Crippen LogP contribution in [0.15, 0.2) is 30.6 Å². The van der Waals surface area contributed by atoms with E-state index in [2.05, 4.69) is 9.97 Å². The number of anilines is 1. The van der Waals surface area contributed by atoms with Crippen molar-refractivity contribution in [1.29, 1.82) is 0 Å². The molecule has 0 spiro atoms. The topological polar surface area (TPSA) is 72.0 Å². The second-order valence-electron chi connectivity index (χ2n) is 3.80. The first-order chi connectivity index (χ1) is 8.08. The van der Waals surface area contributed by atoms with Gasteiger partial charge >= 0.3 is 0 Å². The van der Waals surface area contributed by atoms with Gasteiger partial charge in [0.15, 0.2) is 0 Å². The number of halogens is 1.